The molecule has 0 radical (unpaired) electrons. The van der Waals surface area contributed by atoms with Crippen molar-refractivity contribution in [2.75, 3.05) is 26.2 Å². The third kappa shape index (κ3) is 5.04. The van der Waals surface area contributed by atoms with Crippen LogP contribution in [0.3, 0.4) is 0 Å². The van der Waals surface area contributed by atoms with Crippen LogP contribution in [0.1, 0.15) is 31.7 Å². The number of hydrogen-bond donors (Lipinski definition) is 1. The second-order valence-electron chi connectivity index (χ2n) is 5.80. The fourth-order valence-electron chi connectivity index (χ4n) is 2.60. The average molecular weight is 299 g/mol. The monoisotopic (exact) mass is 298 g/mol. The third-order valence-corrected chi connectivity index (χ3v) is 4.31. The van der Waals surface area contributed by atoms with Crippen molar-refractivity contribution in [3.63, 3.8) is 0 Å². The van der Waals surface area contributed by atoms with Crippen LogP contribution in [-0.4, -0.2) is 31.1 Å². The zero-order valence-corrected chi connectivity index (χ0v) is 12.9. The smallest absolute Gasteiger partial charge is 0.141 e. The van der Waals surface area contributed by atoms with Crippen LogP contribution in [0.25, 0.3) is 0 Å². The van der Waals surface area contributed by atoms with E-state index in [0.29, 0.717) is 0 Å². The van der Waals surface area contributed by atoms with Gasteiger partial charge >= 0.3 is 0 Å². The number of nitrogens with one attached hydrogen (secondary N) is 1. The van der Waals surface area contributed by atoms with E-state index >= 15 is 0 Å². The molecule has 1 fully saturated rings. The summed E-state index contributed by atoms with van der Waals surface area (Å²) in [7, 11) is 0. The molecule has 1 saturated heterocycles. The first-order valence-electron chi connectivity index (χ1n) is 7.52. The summed E-state index contributed by atoms with van der Waals surface area (Å²) in [5, 5.41) is 3.59. The maximum absolute atomic E-state index is 13.0. The van der Waals surface area contributed by atoms with Crippen LogP contribution in [0.15, 0.2) is 18.2 Å². The summed E-state index contributed by atoms with van der Waals surface area (Å²) in [4.78, 5) is 2.55. The normalized spacial score (nSPS) is 17.6. The molecule has 1 heterocycles. The van der Waals surface area contributed by atoms with E-state index < -0.39 is 0 Å². The van der Waals surface area contributed by atoms with Crippen molar-refractivity contribution in [2.24, 2.45) is 5.92 Å². The first-order valence-corrected chi connectivity index (χ1v) is 7.90. The molecule has 112 valence electrons. The van der Waals surface area contributed by atoms with Gasteiger partial charge in [-0.05, 0) is 69.1 Å². The summed E-state index contributed by atoms with van der Waals surface area (Å²) >= 11 is 5.76. The molecule has 2 nitrogen and oxygen atoms in total. The van der Waals surface area contributed by atoms with Crippen LogP contribution in [0.2, 0.25) is 5.02 Å². The number of likely N-dealkylation sites (tertiary alicyclic amines) is 1. The lowest BCUT2D eigenvalue weighted by Crippen LogP contribution is -2.34. The fraction of sp³-hybridized carbons (Fsp3) is 0.625. The number of rotatable bonds is 6. The van der Waals surface area contributed by atoms with Crippen LogP contribution in [-0.2, 0) is 6.54 Å². The van der Waals surface area contributed by atoms with Crippen molar-refractivity contribution in [2.45, 2.75) is 32.7 Å². The van der Waals surface area contributed by atoms with Gasteiger partial charge in [-0.3, -0.25) is 0 Å². The fourth-order valence-corrected chi connectivity index (χ4v) is 2.80. The van der Waals surface area contributed by atoms with Crippen LogP contribution in [0.5, 0.6) is 0 Å². The Hall–Kier alpha value is -0.640. The molecule has 1 N–H and O–H groups in total. The molecule has 0 atom stereocenters. The molecule has 0 unspecified atom stereocenters. The molecule has 0 bridgehead atoms. The van der Waals surface area contributed by atoms with Crippen LogP contribution < -0.4 is 5.32 Å². The van der Waals surface area contributed by atoms with Crippen molar-refractivity contribution in [1.82, 2.24) is 10.2 Å². The molecular weight excluding hydrogens is 275 g/mol. The van der Waals surface area contributed by atoms with E-state index in [1.165, 1.54) is 38.5 Å². The van der Waals surface area contributed by atoms with Crippen LogP contribution in [0, 0.1) is 11.7 Å². The number of hydrogen-bond acceptors (Lipinski definition) is 2. The molecule has 1 aromatic carbocycles. The van der Waals surface area contributed by atoms with E-state index in [1.54, 1.807) is 12.1 Å². The molecule has 4 heteroatoms. The highest BCUT2D eigenvalue weighted by Gasteiger charge is 2.14. The van der Waals surface area contributed by atoms with Gasteiger partial charge in [-0.15, -0.1) is 0 Å². The van der Waals surface area contributed by atoms with Gasteiger partial charge in [0, 0.05) is 6.54 Å². The van der Waals surface area contributed by atoms with E-state index in [9.17, 15) is 4.39 Å². The highest BCUT2D eigenvalue weighted by Crippen LogP contribution is 2.16. The average Bonchev–Trinajstić information content (AvgIpc) is 2.44. The molecule has 0 saturated carbocycles. The van der Waals surface area contributed by atoms with Gasteiger partial charge in [0.25, 0.3) is 0 Å². The molecule has 1 aliphatic heterocycles. The highest BCUT2D eigenvalue weighted by molar-refractivity contribution is 6.30. The standard InChI is InChI=1S/C16H24ClFN2/c1-13-5-9-20(10-6-13)8-2-7-19-12-14-3-4-16(18)15(17)11-14/h3-4,11,13,19H,2,5-10,12H2,1H3. The number of halogens is 2. The van der Waals surface area contributed by atoms with Gasteiger partial charge in [-0.1, -0.05) is 24.6 Å². The van der Waals surface area contributed by atoms with E-state index in [-0.39, 0.29) is 10.8 Å². The predicted molar refractivity (Wildman–Crippen MR) is 82.6 cm³/mol. The van der Waals surface area contributed by atoms with E-state index in [2.05, 4.69) is 17.1 Å². The van der Waals surface area contributed by atoms with Gasteiger partial charge in [-0.2, -0.15) is 0 Å². The Morgan fingerprint density at radius 3 is 2.80 bits per heavy atom. The van der Waals surface area contributed by atoms with Crippen molar-refractivity contribution in [3.05, 3.63) is 34.6 Å². The summed E-state index contributed by atoms with van der Waals surface area (Å²) in [6.45, 7) is 7.73. The lowest BCUT2D eigenvalue weighted by atomic mass is 9.99. The molecule has 1 aromatic rings. The summed E-state index contributed by atoms with van der Waals surface area (Å²) in [5.74, 6) is 0.544. The Labute approximate surface area is 126 Å². The zero-order chi connectivity index (χ0) is 14.4. The Morgan fingerprint density at radius 1 is 1.35 bits per heavy atom. The van der Waals surface area contributed by atoms with E-state index in [4.69, 9.17) is 11.6 Å². The molecule has 0 spiro atoms. The van der Waals surface area contributed by atoms with Gasteiger partial charge in [0.05, 0.1) is 5.02 Å². The number of nitrogens with zero attached hydrogens (tertiary/aromatic N) is 1. The van der Waals surface area contributed by atoms with E-state index in [0.717, 1.165) is 31.0 Å². The lowest BCUT2D eigenvalue weighted by molar-refractivity contribution is 0.190. The number of benzene rings is 1. The quantitative estimate of drug-likeness (QED) is 0.806. The summed E-state index contributed by atoms with van der Waals surface area (Å²) in [6, 6.07) is 4.89. The van der Waals surface area contributed by atoms with Crippen molar-refractivity contribution in [1.29, 1.82) is 0 Å². The van der Waals surface area contributed by atoms with Gasteiger partial charge in [0.15, 0.2) is 0 Å². The topological polar surface area (TPSA) is 15.3 Å². The minimum absolute atomic E-state index is 0.201. The largest absolute Gasteiger partial charge is 0.313 e. The highest BCUT2D eigenvalue weighted by atomic mass is 35.5. The maximum atomic E-state index is 13.0. The molecule has 20 heavy (non-hydrogen) atoms. The summed E-state index contributed by atoms with van der Waals surface area (Å²) in [5.41, 5.74) is 1.03. The minimum atomic E-state index is -0.352. The SMILES string of the molecule is CC1CCN(CCCNCc2ccc(F)c(Cl)c2)CC1. The minimum Gasteiger partial charge on any atom is -0.313 e. The van der Waals surface area contributed by atoms with Gasteiger partial charge in [0.2, 0.25) is 0 Å². The second-order valence-corrected chi connectivity index (χ2v) is 6.21. The summed E-state index contributed by atoms with van der Waals surface area (Å²) < 4.78 is 13.0. The van der Waals surface area contributed by atoms with Crippen LogP contribution >= 0.6 is 11.6 Å². The van der Waals surface area contributed by atoms with Crippen molar-refractivity contribution in [3.8, 4) is 0 Å². The Balaban J connectivity index is 1.58. The Bertz CT molecular complexity index is 417. The molecule has 0 aromatic heterocycles. The summed E-state index contributed by atoms with van der Waals surface area (Å²) in [6.07, 6.45) is 3.83. The molecular formula is C16H24ClFN2. The molecule has 1 aliphatic rings. The predicted octanol–water partition coefficient (Wildman–Crippen LogP) is 3.69. The van der Waals surface area contributed by atoms with Gasteiger partial charge in [-0.25, -0.2) is 4.39 Å². The van der Waals surface area contributed by atoms with Gasteiger partial charge in [0.1, 0.15) is 5.82 Å². The van der Waals surface area contributed by atoms with Gasteiger partial charge < -0.3 is 10.2 Å². The zero-order valence-electron chi connectivity index (χ0n) is 12.2. The Morgan fingerprint density at radius 2 is 2.10 bits per heavy atom. The van der Waals surface area contributed by atoms with Crippen LogP contribution in [0.4, 0.5) is 4.39 Å². The first kappa shape index (κ1) is 15.7. The maximum Gasteiger partial charge on any atom is 0.141 e. The number of piperidine rings is 1. The van der Waals surface area contributed by atoms with Crippen molar-refractivity contribution < 1.29 is 4.39 Å². The lowest BCUT2D eigenvalue weighted by Gasteiger charge is -2.30. The molecule has 2 rings (SSSR count). The first-order chi connectivity index (χ1) is 9.65. The third-order valence-electron chi connectivity index (χ3n) is 4.02. The molecule has 0 aliphatic carbocycles. The Kier molecular flexibility index (Phi) is 6.27. The molecule has 0 amide bonds. The van der Waals surface area contributed by atoms with E-state index in [1.807, 2.05) is 0 Å². The van der Waals surface area contributed by atoms with Crippen molar-refractivity contribution >= 4 is 11.6 Å². The second kappa shape index (κ2) is 7.96.